The van der Waals surface area contributed by atoms with Gasteiger partial charge in [-0.3, -0.25) is 10.1 Å². The molecule has 0 aliphatic rings. The van der Waals surface area contributed by atoms with Gasteiger partial charge in [-0.2, -0.15) is 0 Å². The Morgan fingerprint density at radius 1 is 1.30 bits per heavy atom. The molecule has 0 saturated heterocycles. The zero-order valence-electron chi connectivity index (χ0n) is 10.6. The largest absolute Gasteiger partial charge is 0.489 e. The first-order chi connectivity index (χ1) is 9.47. The van der Waals surface area contributed by atoms with Crippen molar-refractivity contribution in [3.63, 3.8) is 0 Å². The summed E-state index contributed by atoms with van der Waals surface area (Å²) >= 11 is 5.82. The summed E-state index contributed by atoms with van der Waals surface area (Å²) in [6.45, 7) is 1.60. The molecule has 0 N–H and O–H groups in total. The standard InChI is InChI=1S/C14H11ClFNO3/c1-9-6-12(3-4-13(9)16)20-8-10-7-11(15)2-5-14(10)17(18)19/h2-7H,8H2,1H3. The van der Waals surface area contributed by atoms with E-state index in [4.69, 9.17) is 16.3 Å². The van der Waals surface area contributed by atoms with Gasteiger partial charge in [0.2, 0.25) is 0 Å². The highest BCUT2D eigenvalue weighted by molar-refractivity contribution is 6.30. The van der Waals surface area contributed by atoms with Crippen LogP contribution in [0.1, 0.15) is 11.1 Å². The minimum atomic E-state index is -0.495. The quantitative estimate of drug-likeness (QED) is 0.625. The number of hydrogen-bond donors (Lipinski definition) is 0. The van der Waals surface area contributed by atoms with Gasteiger partial charge in [0.15, 0.2) is 0 Å². The smallest absolute Gasteiger partial charge is 0.276 e. The zero-order chi connectivity index (χ0) is 14.7. The first-order valence-electron chi connectivity index (χ1n) is 5.79. The number of ether oxygens (including phenoxy) is 1. The SMILES string of the molecule is Cc1cc(OCc2cc(Cl)ccc2[N+](=O)[O-])ccc1F. The van der Waals surface area contributed by atoms with E-state index in [0.29, 0.717) is 21.9 Å². The molecule has 0 unspecified atom stereocenters. The summed E-state index contributed by atoms with van der Waals surface area (Å²) in [6.07, 6.45) is 0. The molecule has 0 amide bonds. The minimum Gasteiger partial charge on any atom is -0.489 e. The highest BCUT2D eigenvalue weighted by atomic mass is 35.5. The molecule has 0 heterocycles. The number of nitro benzene ring substituents is 1. The van der Waals surface area contributed by atoms with E-state index in [1.54, 1.807) is 6.92 Å². The number of hydrogen-bond acceptors (Lipinski definition) is 3. The first kappa shape index (κ1) is 14.3. The Kier molecular flexibility index (Phi) is 4.20. The predicted octanol–water partition coefficient (Wildman–Crippen LogP) is 4.27. The van der Waals surface area contributed by atoms with Crippen LogP contribution in [-0.2, 0) is 6.61 Å². The van der Waals surface area contributed by atoms with Gasteiger partial charge in [-0.1, -0.05) is 11.6 Å². The first-order valence-corrected chi connectivity index (χ1v) is 6.17. The van der Waals surface area contributed by atoms with Gasteiger partial charge in [0.1, 0.15) is 18.2 Å². The molecule has 2 aromatic rings. The van der Waals surface area contributed by atoms with Crippen LogP contribution in [0, 0.1) is 22.9 Å². The second kappa shape index (κ2) is 5.88. The van der Waals surface area contributed by atoms with Crippen molar-refractivity contribution in [1.82, 2.24) is 0 Å². The molecule has 0 aliphatic carbocycles. The lowest BCUT2D eigenvalue weighted by Crippen LogP contribution is -2.01. The molecule has 0 atom stereocenters. The summed E-state index contributed by atoms with van der Waals surface area (Å²) in [5, 5.41) is 11.3. The molecule has 0 bridgehead atoms. The molecule has 0 saturated carbocycles. The summed E-state index contributed by atoms with van der Waals surface area (Å²) < 4.78 is 18.6. The molecular formula is C14H11ClFNO3. The zero-order valence-corrected chi connectivity index (χ0v) is 11.4. The normalized spacial score (nSPS) is 10.3. The van der Waals surface area contributed by atoms with Crippen LogP contribution >= 0.6 is 11.6 Å². The van der Waals surface area contributed by atoms with E-state index >= 15 is 0 Å². The Morgan fingerprint density at radius 2 is 2.05 bits per heavy atom. The number of nitrogens with zero attached hydrogens (tertiary/aromatic N) is 1. The van der Waals surface area contributed by atoms with Gasteiger partial charge in [-0.25, -0.2) is 4.39 Å². The van der Waals surface area contributed by atoms with Crippen molar-refractivity contribution in [2.75, 3.05) is 0 Å². The summed E-state index contributed by atoms with van der Waals surface area (Å²) in [6, 6.07) is 8.56. The second-order valence-corrected chi connectivity index (χ2v) is 4.67. The number of nitro groups is 1. The van der Waals surface area contributed by atoms with Gasteiger partial charge in [0, 0.05) is 11.1 Å². The van der Waals surface area contributed by atoms with Gasteiger partial charge in [0.25, 0.3) is 5.69 Å². The maximum Gasteiger partial charge on any atom is 0.276 e. The van der Waals surface area contributed by atoms with Crippen LogP contribution in [0.15, 0.2) is 36.4 Å². The fourth-order valence-corrected chi connectivity index (χ4v) is 1.91. The maximum absolute atomic E-state index is 13.1. The van der Waals surface area contributed by atoms with Gasteiger partial charge in [-0.05, 0) is 42.8 Å². The van der Waals surface area contributed by atoms with E-state index in [2.05, 4.69) is 0 Å². The van der Waals surface area contributed by atoms with Gasteiger partial charge >= 0.3 is 0 Å². The maximum atomic E-state index is 13.1. The Bertz CT molecular complexity index is 661. The van der Waals surface area contributed by atoms with Crippen LogP contribution in [0.4, 0.5) is 10.1 Å². The second-order valence-electron chi connectivity index (χ2n) is 4.23. The molecule has 0 radical (unpaired) electrons. The molecule has 2 rings (SSSR count). The summed E-state index contributed by atoms with van der Waals surface area (Å²) in [7, 11) is 0. The average molecular weight is 296 g/mol. The monoisotopic (exact) mass is 295 g/mol. The van der Waals surface area contributed by atoms with E-state index in [1.165, 1.54) is 36.4 Å². The minimum absolute atomic E-state index is 0.0120. The fourth-order valence-electron chi connectivity index (χ4n) is 1.72. The van der Waals surface area contributed by atoms with Crippen molar-refractivity contribution >= 4 is 17.3 Å². The average Bonchev–Trinajstić information content (AvgIpc) is 2.40. The molecular weight excluding hydrogens is 285 g/mol. The van der Waals surface area contributed by atoms with E-state index in [0.717, 1.165) is 0 Å². The Labute approximate surface area is 119 Å². The molecule has 104 valence electrons. The van der Waals surface area contributed by atoms with E-state index < -0.39 is 4.92 Å². The number of halogens is 2. The lowest BCUT2D eigenvalue weighted by Gasteiger charge is -2.08. The summed E-state index contributed by atoms with van der Waals surface area (Å²) in [5.41, 5.74) is 0.751. The van der Waals surface area contributed by atoms with Crippen LogP contribution in [0.5, 0.6) is 5.75 Å². The van der Waals surface area contributed by atoms with Crippen molar-refractivity contribution in [2.24, 2.45) is 0 Å². The molecule has 0 aliphatic heterocycles. The highest BCUT2D eigenvalue weighted by Crippen LogP contribution is 2.25. The van der Waals surface area contributed by atoms with Crippen molar-refractivity contribution in [3.8, 4) is 5.75 Å². The lowest BCUT2D eigenvalue weighted by molar-refractivity contribution is -0.385. The highest BCUT2D eigenvalue weighted by Gasteiger charge is 2.14. The van der Waals surface area contributed by atoms with Crippen LogP contribution in [0.25, 0.3) is 0 Å². The summed E-state index contributed by atoms with van der Waals surface area (Å²) in [4.78, 5) is 10.4. The molecule has 2 aromatic carbocycles. The fraction of sp³-hybridized carbons (Fsp3) is 0.143. The molecule has 6 heteroatoms. The van der Waals surface area contributed by atoms with Gasteiger partial charge in [-0.15, -0.1) is 0 Å². The van der Waals surface area contributed by atoms with Crippen LogP contribution < -0.4 is 4.74 Å². The third-order valence-electron chi connectivity index (χ3n) is 2.76. The Hall–Kier alpha value is -2.14. The van der Waals surface area contributed by atoms with E-state index in [1.807, 2.05) is 0 Å². The lowest BCUT2D eigenvalue weighted by atomic mass is 10.2. The van der Waals surface area contributed by atoms with Crippen LogP contribution in [-0.4, -0.2) is 4.92 Å². The summed E-state index contributed by atoms with van der Waals surface area (Å²) in [5.74, 6) is 0.115. The molecule has 0 aromatic heterocycles. The topological polar surface area (TPSA) is 52.4 Å². The predicted molar refractivity (Wildman–Crippen MR) is 73.6 cm³/mol. The van der Waals surface area contributed by atoms with E-state index in [9.17, 15) is 14.5 Å². The van der Waals surface area contributed by atoms with E-state index in [-0.39, 0.29) is 18.1 Å². The number of rotatable bonds is 4. The molecule has 4 nitrogen and oxygen atoms in total. The number of benzene rings is 2. The van der Waals surface area contributed by atoms with Crippen molar-refractivity contribution in [1.29, 1.82) is 0 Å². The third kappa shape index (κ3) is 3.24. The molecule has 20 heavy (non-hydrogen) atoms. The van der Waals surface area contributed by atoms with Crippen molar-refractivity contribution in [2.45, 2.75) is 13.5 Å². The van der Waals surface area contributed by atoms with Gasteiger partial charge in [0.05, 0.1) is 10.5 Å². The Morgan fingerprint density at radius 3 is 2.70 bits per heavy atom. The van der Waals surface area contributed by atoms with Crippen LogP contribution in [0.3, 0.4) is 0 Å². The molecule has 0 spiro atoms. The van der Waals surface area contributed by atoms with Crippen molar-refractivity contribution < 1.29 is 14.1 Å². The van der Waals surface area contributed by atoms with Crippen molar-refractivity contribution in [3.05, 3.63) is 68.5 Å². The Balaban J connectivity index is 2.20. The third-order valence-corrected chi connectivity index (χ3v) is 3.00. The van der Waals surface area contributed by atoms with Crippen LogP contribution in [0.2, 0.25) is 5.02 Å². The van der Waals surface area contributed by atoms with Gasteiger partial charge < -0.3 is 4.74 Å². The molecule has 0 fully saturated rings. The number of aryl methyl sites for hydroxylation is 1.